The van der Waals surface area contributed by atoms with Crippen LogP contribution in [0.3, 0.4) is 0 Å². The van der Waals surface area contributed by atoms with Gasteiger partial charge in [-0.3, -0.25) is 14.4 Å². The molecule has 2 N–H and O–H groups in total. The van der Waals surface area contributed by atoms with E-state index in [1.807, 2.05) is 18.2 Å². The quantitative estimate of drug-likeness (QED) is 0.495. The summed E-state index contributed by atoms with van der Waals surface area (Å²) >= 11 is 6.26. The molecule has 4 aromatic rings. The Morgan fingerprint density at radius 3 is 2.72 bits per heavy atom. The molecule has 5 rings (SSSR count). The van der Waals surface area contributed by atoms with E-state index in [0.717, 1.165) is 5.52 Å². The summed E-state index contributed by atoms with van der Waals surface area (Å²) in [6.07, 6.45) is 0.105. The molecule has 160 valence electrons. The third-order valence-corrected chi connectivity index (χ3v) is 5.87. The summed E-state index contributed by atoms with van der Waals surface area (Å²) < 4.78 is 15.8. The van der Waals surface area contributed by atoms with E-state index in [9.17, 15) is 14.0 Å². The van der Waals surface area contributed by atoms with Crippen molar-refractivity contribution in [3.8, 4) is 0 Å². The second-order valence-corrected chi connectivity index (χ2v) is 8.13. The summed E-state index contributed by atoms with van der Waals surface area (Å²) in [6.45, 7) is 0. The summed E-state index contributed by atoms with van der Waals surface area (Å²) in [7, 11) is 1.69. The monoisotopic (exact) mass is 448 g/mol. The molecule has 1 unspecified atom stereocenters. The van der Waals surface area contributed by atoms with Crippen LogP contribution in [0.2, 0.25) is 5.02 Å². The molecule has 1 aliphatic rings. The molecule has 8 heteroatoms. The molecule has 0 saturated carbocycles. The average molecular weight is 449 g/mol. The van der Waals surface area contributed by atoms with E-state index >= 15 is 0 Å². The van der Waals surface area contributed by atoms with E-state index in [1.165, 1.54) is 10.6 Å². The predicted octanol–water partition coefficient (Wildman–Crippen LogP) is 4.06. The number of fused-ring (bicyclic) bond motifs is 2. The third kappa shape index (κ3) is 3.50. The van der Waals surface area contributed by atoms with Crippen molar-refractivity contribution in [1.82, 2.24) is 9.55 Å². The number of imidazole rings is 1. The smallest absolute Gasteiger partial charge is 0.324 e. The molecule has 6 nitrogen and oxygen atoms in total. The molecule has 0 fully saturated rings. The number of benzodiazepines with no additional fused rings is 1. The van der Waals surface area contributed by atoms with Gasteiger partial charge < -0.3 is 10.3 Å². The van der Waals surface area contributed by atoms with Crippen molar-refractivity contribution in [2.75, 3.05) is 5.32 Å². The van der Waals surface area contributed by atoms with Crippen LogP contribution < -0.4 is 11.0 Å². The van der Waals surface area contributed by atoms with Crippen LogP contribution >= 0.6 is 11.6 Å². The van der Waals surface area contributed by atoms with Gasteiger partial charge in [0.05, 0.1) is 22.4 Å². The number of hydrogen-bond acceptors (Lipinski definition) is 3. The highest BCUT2D eigenvalue weighted by Crippen LogP contribution is 2.29. The number of amides is 1. The zero-order chi connectivity index (χ0) is 22.4. The van der Waals surface area contributed by atoms with Crippen molar-refractivity contribution in [1.29, 1.82) is 0 Å². The standard InChI is InChI=1S/C24H18ClFN4O2/c1-30-21-9-6-14(11-19(21)29-24(30)32)22-16-12-15(25)7-8-18(16)28-23(31)20(27-22)10-13-4-2-3-5-17(13)26/h2-9,11-12,20H,10H2,1H3,(H,28,31)(H,29,32). The Morgan fingerprint density at radius 2 is 1.91 bits per heavy atom. The Kier molecular flexibility index (Phi) is 4.90. The Morgan fingerprint density at radius 1 is 1.09 bits per heavy atom. The van der Waals surface area contributed by atoms with Gasteiger partial charge in [0.2, 0.25) is 5.91 Å². The zero-order valence-corrected chi connectivity index (χ0v) is 17.8. The van der Waals surface area contributed by atoms with Crippen LogP contribution in [0, 0.1) is 5.82 Å². The Bertz CT molecular complexity index is 1470. The van der Waals surface area contributed by atoms with Gasteiger partial charge in [-0.15, -0.1) is 0 Å². The molecular weight excluding hydrogens is 431 g/mol. The predicted molar refractivity (Wildman–Crippen MR) is 123 cm³/mol. The van der Waals surface area contributed by atoms with Gasteiger partial charge in [-0.1, -0.05) is 35.9 Å². The molecule has 1 aliphatic heterocycles. The molecule has 1 amide bonds. The highest BCUT2D eigenvalue weighted by Gasteiger charge is 2.27. The van der Waals surface area contributed by atoms with E-state index in [0.29, 0.717) is 38.6 Å². The molecular formula is C24H18ClFN4O2. The number of H-pyrrole nitrogens is 1. The number of nitrogens with one attached hydrogen (secondary N) is 2. The van der Waals surface area contributed by atoms with Crippen LogP contribution in [0.4, 0.5) is 10.1 Å². The number of anilines is 1. The molecule has 0 saturated heterocycles. The van der Waals surface area contributed by atoms with Crippen molar-refractivity contribution < 1.29 is 9.18 Å². The minimum Gasteiger partial charge on any atom is -0.324 e. The summed E-state index contributed by atoms with van der Waals surface area (Å²) in [5, 5.41) is 3.39. The van der Waals surface area contributed by atoms with E-state index in [4.69, 9.17) is 16.6 Å². The lowest BCUT2D eigenvalue weighted by Crippen LogP contribution is -2.28. The maximum Gasteiger partial charge on any atom is 0.326 e. The first kappa shape index (κ1) is 20.2. The van der Waals surface area contributed by atoms with Gasteiger partial charge in [0, 0.05) is 29.6 Å². The van der Waals surface area contributed by atoms with Gasteiger partial charge in [-0.05, 0) is 42.0 Å². The fourth-order valence-corrected chi connectivity index (χ4v) is 4.12. The molecule has 32 heavy (non-hydrogen) atoms. The van der Waals surface area contributed by atoms with Crippen LogP contribution in [0.5, 0.6) is 0 Å². The Hall–Kier alpha value is -3.71. The van der Waals surface area contributed by atoms with Gasteiger partial charge >= 0.3 is 5.69 Å². The van der Waals surface area contributed by atoms with Crippen molar-refractivity contribution in [3.05, 3.63) is 98.7 Å². The minimum absolute atomic E-state index is 0.105. The molecule has 1 atom stereocenters. The summed E-state index contributed by atoms with van der Waals surface area (Å²) in [5.74, 6) is -0.717. The maximum atomic E-state index is 14.3. The minimum atomic E-state index is -0.849. The summed E-state index contributed by atoms with van der Waals surface area (Å²) in [5.41, 5.74) is 4.04. The van der Waals surface area contributed by atoms with Crippen molar-refractivity contribution in [3.63, 3.8) is 0 Å². The van der Waals surface area contributed by atoms with E-state index in [-0.39, 0.29) is 23.8 Å². The number of hydrogen-bond donors (Lipinski definition) is 2. The fraction of sp³-hybridized carbons (Fsp3) is 0.125. The number of halogens is 2. The van der Waals surface area contributed by atoms with E-state index < -0.39 is 6.04 Å². The largest absolute Gasteiger partial charge is 0.326 e. The second kappa shape index (κ2) is 7.76. The Labute approximate surface area is 187 Å². The molecule has 0 radical (unpaired) electrons. The number of aliphatic imine (C=N–C) groups is 1. The summed E-state index contributed by atoms with van der Waals surface area (Å²) in [4.78, 5) is 32.6. The molecule has 1 aromatic heterocycles. The number of benzene rings is 3. The first-order valence-electron chi connectivity index (χ1n) is 10.0. The number of nitrogens with zero attached hydrogens (tertiary/aromatic N) is 2. The third-order valence-electron chi connectivity index (χ3n) is 5.63. The molecule has 0 spiro atoms. The number of aromatic amines is 1. The highest BCUT2D eigenvalue weighted by molar-refractivity contribution is 6.32. The molecule has 0 bridgehead atoms. The van der Waals surface area contributed by atoms with Gasteiger partial charge in [0.15, 0.2) is 0 Å². The maximum absolute atomic E-state index is 14.3. The lowest BCUT2D eigenvalue weighted by molar-refractivity contribution is -0.117. The number of rotatable bonds is 3. The number of aryl methyl sites for hydroxylation is 1. The van der Waals surface area contributed by atoms with Gasteiger partial charge in [-0.25, -0.2) is 9.18 Å². The van der Waals surface area contributed by atoms with Crippen LogP contribution in [0.25, 0.3) is 11.0 Å². The number of aromatic nitrogens is 2. The van der Waals surface area contributed by atoms with Crippen LogP contribution in [0.1, 0.15) is 16.7 Å². The highest BCUT2D eigenvalue weighted by atomic mass is 35.5. The fourth-order valence-electron chi connectivity index (χ4n) is 3.95. The number of carbonyl (C=O) groups excluding carboxylic acids is 1. The molecule has 2 heterocycles. The van der Waals surface area contributed by atoms with Crippen molar-refractivity contribution >= 4 is 39.9 Å². The SMILES string of the molecule is Cn1c(=O)[nH]c2cc(C3=NC(Cc4ccccc4F)C(=O)Nc4ccc(Cl)cc43)ccc21. The zero-order valence-electron chi connectivity index (χ0n) is 17.0. The van der Waals surface area contributed by atoms with Crippen LogP contribution in [0.15, 0.2) is 70.5 Å². The van der Waals surface area contributed by atoms with Crippen molar-refractivity contribution in [2.24, 2.45) is 12.0 Å². The van der Waals surface area contributed by atoms with Gasteiger partial charge in [0.25, 0.3) is 0 Å². The van der Waals surface area contributed by atoms with Crippen LogP contribution in [-0.4, -0.2) is 27.2 Å². The van der Waals surface area contributed by atoms with Crippen molar-refractivity contribution in [2.45, 2.75) is 12.5 Å². The number of carbonyl (C=O) groups is 1. The summed E-state index contributed by atoms with van der Waals surface area (Å²) in [6, 6.07) is 16.1. The first-order valence-corrected chi connectivity index (χ1v) is 10.4. The molecule has 0 aliphatic carbocycles. The van der Waals surface area contributed by atoms with E-state index in [1.54, 1.807) is 43.4 Å². The molecule has 3 aromatic carbocycles. The van der Waals surface area contributed by atoms with Crippen LogP contribution in [-0.2, 0) is 18.3 Å². The lowest BCUT2D eigenvalue weighted by Gasteiger charge is -2.12. The lowest BCUT2D eigenvalue weighted by atomic mass is 9.99. The average Bonchev–Trinajstić information content (AvgIpc) is 2.98. The second-order valence-electron chi connectivity index (χ2n) is 7.69. The van der Waals surface area contributed by atoms with Gasteiger partial charge in [0.1, 0.15) is 11.9 Å². The topological polar surface area (TPSA) is 79.2 Å². The van der Waals surface area contributed by atoms with Gasteiger partial charge in [-0.2, -0.15) is 0 Å². The van der Waals surface area contributed by atoms with E-state index in [2.05, 4.69) is 10.3 Å². The first-order chi connectivity index (χ1) is 15.4. The normalized spacial score (nSPS) is 15.8. The Balaban J connectivity index is 1.68.